The molecule has 14 heteroatoms. The van der Waals surface area contributed by atoms with E-state index < -0.39 is 23.1 Å². The lowest BCUT2D eigenvalue weighted by Crippen LogP contribution is -2.34. The summed E-state index contributed by atoms with van der Waals surface area (Å²) >= 11 is 0. The Morgan fingerprint density at radius 2 is 1.74 bits per heavy atom. The van der Waals surface area contributed by atoms with Crippen LogP contribution in [0.4, 0.5) is 14.5 Å². The van der Waals surface area contributed by atoms with Gasteiger partial charge in [0.15, 0.2) is 17.2 Å². The van der Waals surface area contributed by atoms with Crippen LogP contribution in [0.3, 0.4) is 0 Å². The molecule has 50 heavy (non-hydrogen) atoms. The van der Waals surface area contributed by atoms with Crippen LogP contribution < -0.4 is 30.4 Å². The zero-order chi connectivity index (χ0) is 34.6. The number of nitrogens with one attached hydrogen (secondary N) is 2. The third-order valence-electron chi connectivity index (χ3n) is 8.19. The molecule has 6 aromatic rings. The molecule has 3 aromatic heterocycles. The van der Waals surface area contributed by atoms with Gasteiger partial charge >= 0.3 is 0 Å². The first-order chi connectivity index (χ1) is 24.4. The van der Waals surface area contributed by atoms with Crippen molar-refractivity contribution in [3.8, 4) is 28.8 Å². The number of pyridine rings is 1. The second-order valence-corrected chi connectivity index (χ2v) is 11.5. The number of carbonyl (C=O) groups is 1. The third kappa shape index (κ3) is 6.87. The van der Waals surface area contributed by atoms with Crippen molar-refractivity contribution in [3.05, 3.63) is 124 Å². The standard InChI is InChI=1S/C36H31F2N7O5/c1-48-26-9-2-22(3-10-26)21-44-33-32(35(43-44)49-27-12-16-39-17-13-27)31(15-18-40-33)50-30-11-6-24(20-29(30)38)42-34(46)28-14-19-41-45(36(28)47)25-7-4-23(37)5-8-25/h2-11,14-15,18-20,27,39H,12-13,16-17,21H2,1H3,(H,42,46). The van der Waals surface area contributed by atoms with Crippen LogP contribution in [0.2, 0.25) is 0 Å². The van der Waals surface area contributed by atoms with E-state index in [4.69, 9.17) is 19.3 Å². The summed E-state index contributed by atoms with van der Waals surface area (Å²) in [5.41, 5.74) is 0.855. The molecule has 0 aliphatic carbocycles. The highest BCUT2D eigenvalue weighted by Crippen LogP contribution is 2.37. The Morgan fingerprint density at radius 1 is 0.960 bits per heavy atom. The number of methoxy groups -OCH3 is 1. The van der Waals surface area contributed by atoms with E-state index in [0.29, 0.717) is 23.5 Å². The van der Waals surface area contributed by atoms with Gasteiger partial charge in [0.05, 0.1) is 19.3 Å². The number of nitrogens with zero attached hydrogens (tertiary/aromatic N) is 5. The monoisotopic (exact) mass is 679 g/mol. The molecule has 1 fully saturated rings. The quantitative estimate of drug-likeness (QED) is 0.193. The number of piperidine rings is 1. The van der Waals surface area contributed by atoms with E-state index in [9.17, 15) is 14.0 Å². The number of amides is 1. The summed E-state index contributed by atoms with van der Waals surface area (Å²) in [6.45, 7) is 2.02. The summed E-state index contributed by atoms with van der Waals surface area (Å²) in [7, 11) is 1.61. The van der Waals surface area contributed by atoms with Crippen LogP contribution in [0.25, 0.3) is 16.7 Å². The minimum absolute atomic E-state index is 0.0725. The van der Waals surface area contributed by atoms with Crippen molar-refractivity contribution >= 4 is 22.6 Å². The average Bonchev–Trinajstić information content (AvgIpc) is 3.47. The smallest absolute Gasteiger partial charge is 0.284 e. The Kier molecular flexibility index (Phi) is 9.16. The van der Waals surface area contributed by atoms with Gasteiger partial charge in [-0.25, -0.2) is 18.4 Å². The van der Waals surface area contributed by atoms with Crippen LogP contribution in [0.1, 0.15) is 28.8 Å². The Hall–Kier alpha value is -6.15. The van der Waals surface area contributed by atoms with Crippen molar-refractivity contribution in [2.24, 2.45) is 0 Å². The number of aromatic nitrogens is 5. The molecule has 2 N–H and O–H groups in total. The lowest BCUT2D eigenvalue weighted by atomic mass is 10.1. The molecular weight excluding hydrogens is 648 g/mol. The van der Waals surface area contributed by atoms with Crippen LogP contribution in [-0.4, -0.2) is 56.8 Å². The summed E-state index contributed by atoms with van der Waals surface area (Å²) in [6.07, 6.45) is 4.35. The fraction of sp³-hybridized carbons (Fsp3) is 0.194. The molecule has 7 rings (SSSR count). The third-order valence-corrected chi connectivity index (χ3v) is 8.19. The van der Waals surface area contributed by atoms with E-state index in [2.05, 4.69) is 20.7 Å². The van der Waals surface area contributed by atoms with Gasteiger partial charge in [-0.05, 0) is 86.1 Å². The lowest BCUT2D eigenvalue weighted by Gasteiger charge is -2.22. The van der Waals surface area contributed by atoms with E-state index in [0.717, 1.165) is 48.0 Å². The van der Waals surface area contributed by atoms with Crippen molar-refractivity contribution in [3.63, 3.8) is 0 Å². The van der Waals surface area contributed by atoms with E-state index in [-0.39, 0.29) is 34.5 Å². The van der Waals surface area contributed by atoms with Gasteiger partial charge in [-0.15, -0.1) is 5.10 Å². The van der Waals surface area contributed by atoms with Gasteiger partial charge in [-0.2, -0.15) is 9.78 Å². The molecule has 1 amide bonds. The van der Waals surface area contributed by atoms with Gasteiger partial charge in [0, 0.05) is 30.2 Å². The van der Waals surface area contributed by atoms with Crippen LogP contribution >= 0.6 is 0 Å². The zero-order valence-electron chi connectivity index (χ0n) is 26.8. The number of fused-ring (bicyclic) bond motifs is 1. The molecule has 1 aliphatic heterocycles. The summed E-state index contributed by atoms with van der Waals surface area (Å²) in [6, 6.07) is 19.5. The highest BCUT2D eigenvalue weighted by Gasteiger charge is 2.24. The molecule has 254 valence electrons. The normalized spacial score (nSPS) is 13.3. The predicted octanol–water partition coefficient (Wildman–Crippen LogP) is 5.49. The van der Waals surface area contributed by atoms with Gasteiger partial charge < -0.3 is 24.8 Å². The molecule has 12 nitrogen and oxygen atoms in total. The first-order valence-electron chi connectivity index (χ1n) is 15.8. The fourth-order valence-corrected chi connectivity index (χ4v) is 5.62. The van der Waals surface area contributed by atoms with Crippen molar-refractivity contribution in [1.82, 2.24) is 29.9 Å². The molecular formula is C36H31F2N7O5. The van der Waals surface area contributed by atoms with Gasteiger partial charge in [0.2, 0.25) is 5.88 Å². The molecule has 0 spiro atoms. The molecule has 0 bridgehead atoms. The predicted molar refractivity (Wildman–Crippen MR) is 180 cm³/mol. The summed E-state index contributed by atoms with van der Waals surface area (Å²) in [4.78, 5) is 30.7. The Balaban J connectivity index is 1.15. The number of rotatable bonds is 10. The van der Waals surface area contributed by atoms with E-state index >= 15 is 4.39 Å². The number of benzene rings is 3. The molecule has 0 radical (unpaired) electrons. The van der Waals surface area contributed by atoms with Crippen LogP contribution in [0.15, 0.2) is 96.1 Å². The molecule has 3 aromatic carbocycles. The maximum absolute atomic E-state index is 15.5. The molecule has 0 unspecified atom stereocenters. The number of halogens is 2. The number of anilines is 1. The maximum atomic E-state index is 15.5. The highest BCUT2D eigenvalue weighted by atomic mass is 19.1. The summed E-state index contributed by atoms with van der Waals surface area (Å²) in [5.74, 6) is -0.792. The molecule has 1 aliphatic rings. The largest absolute Gasteiger partial charge is 0.497 e. The Labute approximate surface area is 284 Å². The SMILES string of the molecule is COc1ccc(Cn2nc(OC3CCNCC3)c3c(Oc4ccc(NC(=O)c5ccnn(-c6ccc(F)cc6)c5=O)cc4F)ccnc32)cc1. The van der Waals surface area contributed by atoms with E-state index in [1.54, 1.807) is 24.1 Å². The summed E-state index contributed by atoms with van der Waals surface area (Å²) < 4.78 is 49.4. The van der Waals surface area contributed by atoms with Crippen LogP contribution in [-0.2, 0) is 6.54 Å². The molecule has 4 heterocycles. The van der Waals surface area contributed by atoms with Gasteiger partial charge in [-0.3, -0.25) is 9.59 Å². The van der Waals surface area contributed by atoms with Crippen LogP contribution in [0.5, 0.6) is 23.1 Å². The second kappa shape index (κ2) is 14.1. The number of carbonyl (C=O) groups excluding carboxylic acids is 1. The van der Waals surface area contributed by atoms with Crippen molar-refractivity contribution in [2.45, 2.75) is 25.5 Å². The summed E-state index contributed by atoms with van der Waals surface area (Å²) in [5, 5.41) is 15.1. The lowest BCUT2D eigenvalue weighted by molar-refractivity contribution is 0.102. The van der Waals surface area contributed by atoms with E-state index in [1.807, 2.05) is 24.3 Å². The van der Waals surface area contributed by atoms with Gasteiger partial charge in [-0.1, -0.05) is 12.1 Å². The zero-order valence-corrected chi connectivity index (χ0v) is 26.8. The second-order valence-electron chi connectivity index (χ2n) is 11.5. The van der Waals surface area contributed by atoms with Gasteiger partial charge in [0.25, 0.3) is 11.5 Å². The van der Waals surface area contributed by atoms with Crippen LogP contribution in [0, 0.1) is 11.6 Å². The molecule has 1 saturated heterocycles. The number of hydrogen-bond donors (Lipinski definition) is 2. The first-order valence-corrected chi connectivity index (χ1v) is 15.8. The Morgan fingerprint density at radius 3 is 2.48 bits per heavy atom. The van der Waals surface area contributed by atoms with Crippen molar-refractivity contribution in [2.75, 3.05) is 25.5 Å². The molecule has 0 saturated carbocycles. The maximum Gasteiger partial charge on any atom is 0.284 e. The average molecular weight is 680 g/mol. The van der Waals surface area contributed by atoms with E-state index in [1.165, 1.54) is 48.7 Å². The van der Waals surface area contributed by atoms with Crippen molar-refractivity contribution in [1.29, 1.82) is 0 Å². The minimum Gasteiger partial charge on any atom is -0.497 e. The highest BCUT2D eigenvalue weighted by molar-refractivity contribution is 6.04. The Bertz CT molecular complexity index is 2220. The molecule has 0 atom stereocenters. The first kappa shape index (κ1) is 32.4. The number of ether oxygens (including phenoxy) is 3. The fourth-order valence-electron chi connectivity index (χ4n) is 5.62. The number of hydrogen-bond acceptors (Lipinski definition) is 9. The van der Waals surface area contributed by atoms with Crippen molar-refractivity contribution < 1.29 is 27.8 Å². The van der Waals surface area contributed by atoms with Gasteiger partial charge in [0.1, 0.15) is 34.4 Å². The minimum atomic E-state index is -0.777. The topological polar surface area (TPSA) is 134 Å².